The predicted molar refractivity (Wildman–Crippen MR) is 96.3 cm³/mol. The van der Waals surface area contributed by atoms with Crippen molar-refractivity contribution in [2.75, 3.05) is 32.7 Å². The SMILES string of the molecule is CC(C)(C)OC(=O)N1CCN(CCCC2CCCNC2)C(=O)C12CC2. The minimum atomic E-state index is -0.604. The van der Waals surface area contributed by atoms with E-state index in [1.165, 1.54) is 19.3 Å². The molecule has 1 N–H and O–H groups in total. The summed E-state index contributed by atoms with van der Waals surface area (Å²) in [5, 5.41) is 3.45. The Morgan fingerprint density at radius 2 is 2.08 bits per heavy atom. The van der Waals surface area contributed by atoms with Gasteiger partial charge in [-0.3, -0.25) is 9.69 Å². The second-order valence-electron chi connectivity index (χ2n) is 8.81. The third-order valence-electron chi connectivity index (χ3n) is 5.57. The summed E-state index contributed by atoms with van der Waals surface area (Å²) in [6, 6.07) is 0. The van der Waals surface area contributed by atoms with Crippen LogP contribution in [0.2, 0.25) is 0 Å². The molecule has 3 fully saturated rings. The van der Waals surface area contributed by atoms with E-state index in [0.29, 0.717) is 13.1 Å². The first-order valence-corrected chi connectivity index (χ1v) is 9.82. The van der Waals surface area contributed by atoms with E-state index in [-0.39, 0.29) is 12.0 Å². The first-order chi connectivity index (χ1) is 11.8. The van der Waals surface area contributed by atoms with Crippen molar-refractivity contribution in [3.05, 3.63) is 0 Å². The highest BCUT2D eigenvalue weighted by atomic mass is 16.6. The van der Waals surface area contributed by atoms with Gasteiger partial charge in [0, 0.05) is 19.6 Å². The zero-order valence-electron chi connectivity index (χ0n) is 16.0. The van der Waals surface area contributed by atoms with Gasteiger partial charge in [0.2, 0.25) is 5.91 Å². The molecule has 1 atom stereocenters. The molecule has 0 aromatic carbocycles. The number of carbonyl (C=O) groups is 2. The number of amides is 2. The Balaban J connectivity index is 1.51. The summed E-state index contributed by atoms with van der Waals surface area (Å²) in [6.07, 6.45) is 6.01. The fraction of sp³-hybridized carbons (Fsp3) is 0.895. The van der Waals surface area contributed by atoms with Crippen molar-refractivity contribution in [1.29, 1.82) is 0 Å². The molecular weight excluding hydrogens is 318 g/mol. The minimum Gasteiger partial charge on any atom is -0.444 e. The lowest BCUT2D eigenvalue weighted by Gasteiger charge is -2.41. The second-order valence-corrected chi connectivity index (χ2v) is 8.81. The molecule has 2 heterocycles. The maximum Gasteiger partial charge on any atom is 0.411 e. The van der Waals surface area contributed by atoms with E-state index < -0.39 is 11.1 Å². The highest BCUT2D eigenvalue weighted by Gasteiger charge is 2.60. The lowest BCUT2D eigenvalue weighted by atomic mass is 9.94. The van der Waals surface area contributed by atoms with E-state index >= 15 is 0 Å². The largest absolute Gasteiger partial charge is 0.444 e. The van der Waals surface area contributed by atoms with E-state index in [9.17, 15) is 9.59 Å². The van der Waals surface area contributed by atoms with Crippen LogP contribution in [-0.2, 0) is 9.53 Å². The van der Waals surface area contributed by atoms with Crippen molar-refractivity contribution in [3.8, 4) is 0 Å². The number of piperazine rings is 1. The number of piperidine rings is 1. The molecule has 142 valence electrons. The average Bonchev–Trinajstić information content (AvgIpc) is 3.32. The number of rotatable bonds is 4. The highest BCUT2D eigenvalue weighted by molar-refractivity contribution is 5.94. The van der Waals surface area contributed by atoms with Crippen LogP contribution < -0.4 is 5.32 Å². The molecule has 1 unspecified atom stereocenters. The molecule has 0 aromatic heterocycles. The smallest absolute Gasteiger partial charge is 0.411 e. The highest BCUT2D eigenvalue weighted by Crippen LogP contribution is 2.45. The third-order valence-corrected chi connectivity index (χ3v) is 5.57. The Morgan fingerprint density at radius 3 is 2.68 bits per heavy atom. The van der Waals surface area contributed by atoms with Crippen molar-refractivity contribution in [1.82, 2.24) is 15.1 Å². The Labute approximate surface area is 151 Å². The summed E-state index contributed by atoms with van der Waals surface area (Å²) < 4.78 is 5.51. The lowest BCUT2D eigenvalue weighted by molar-refractivity contribution is -0.143. The van der Waals surface area contributed by atoms with Gasteiger partial charge in [0.05, 0.1) is 0 Å². The van der Waals surface area contributed by atoms with Crippen molar-refractivity contribution in [3.63, 3.8) is 0 Å². The lowest BCUT2D eigenvalue weighted by Crippen LogP contribution is -2.61. The standard InChI is InChI=1S/C19H33N3O3/c1-18(2,3)25-17(24)22-13-12-21(16(23)19(22)8-9-19)11-5-7-15-6-4-10-20-14-15/h15,20H,4-14H2,1-3H3. The monoisotopic (exact) mass is 351 g/mol. The van der Waals surface area contributed by atoms with Gasteiger partial charge in [-0.15, -0.1) is 0 Å². The van der Waals surface area contributed by atoms with Gasteiger partial charge in [-0.1, -0.05) is 0 Å². The normalized spacial score (nSPS) is 26.0. The van der Waals surface area contributed by atoms with Gasteiger partial charge in [0.15, 0.2) is 0 Å². The summed E-state index contributed by atoms with van der Waals surface area (Å²) in [4.78, 5) is 29.1. The van der Waals surface area contributed by atoms with Crippen LogP contribution in [0.1, 0.15) is 59.3 Å². The second kappa shape index (κ2) is 7.14. The fourth-order valence-corrected chi connectivity index (χ4v) is 4.09. The molecule has 1 spiro atoms. The van der Waals surface area contributed by atoms with Crippen molar-refractivity contribution >= 4 is 12.0 Å². The van der Waals surface area contributed by atoms with Crippen LogP contribution in [0.5, 0.6) is 0 Å². The van der Waals surface area contributed by atoms with Crippen molar-refractivity contribution < 1.29 is 14.3 Å². The quantitative estimate of drug-likeness (QED) is 0.845. The molecular formula is C19H33N3O3. The third kappa shape index (κ3) is 4.27. The average molecular weight is 351 g/mol. The Hall–Kier alpha value is -1.30. The number of ether oxygens (including phenoxy) is 1. The maximum atomic E-state index is 12.9. The van der Waals surface area contributed by atoms with Crippen LogP contribution >= 0.6 is 0 Å². The van der Waals surface area contributed by atoms with E-state index in [2.05, 4.69) is 5.32 Å². The molecule has 6 nitrogen and oxygen atoms in total. The summed E-state index contributed by atoms with van der Waals surface area (Å²) >= 11 is 0. The number of nitrogens with zero attached hydrogens (tertiary/aromatic N) is 2. The molecule has 25 heavy (non-hydrogen) atoms. The van der Waals surface area contributed by atoms with E-state index in [4.69, 9.17) is 4.74 Å². The van der Waals surface area contributed by atoms with Gasteiger partial charge in [0.25, 0.3) is 0 Å². The summed E-state index contributed by atoms with van der Waals surface area (Å²) in [5.74, 6) is 0.883. The zero-order chi connectivity index (χ0) is 18.1. The van der Waals surface area contributed by atoms with Gasteiger partial charge in [-0.25, -0.2) is 4.79 Å². The van der Waals surface area contributed by atoms with Crippen LogP contribution in [0.3, 0.4) is 0 Å². The van der Waals surface area contributed by atoms with Crippen LogP contribution in [0.25, 0.3) is 0 Å². The van der Waals surface area contributed by atoms with Gasteiger partial charge in [0.1, 0.15) is 11.1 Å². The Bertz CT molecular complexity index is 505. The molecule has 3 rings (SSSR count). The van der Waals surface area contributed by atoms with Gasteiger partial charge in [-0.05, 0) is 78.3 Å². The molecule has 0 aromatic rings. The first-order valence-electron chi connectivity index (χ1n) is 9.82. The van der Waals surface area contributed by atoms with Crippen molar-refractivity contribution in [2.45, 2.75) is 70.4 Å². The molecule has 0 bridgehead atoms. The van der Waals surface area contributed by atoms with Gasteiger partial charge >= 0.3 is 6.09 Å². The molecule has 3 aliphatic rings. The summed E-state index contributed by atoms with van der Waals surface area (Å²) in [6.45, 7) is 9.88. The number of carbonyl (C=O) groups excluding carboxylic acids is 2. The topological polar surface area (TPSA) is 61.9 Å². The molecule has 1 saturated carbocycles. The van der Waals surface area contributed by atoms with Gasteiger partial charge < -0.3 is 15.0 Å². The zero-order valence-corrected chi connectivity index (χ0v) is 16.0. The Morgan fingerprint density at radius 1 is 1.32 bits per heavy atom. The minimum absolute atomic E-state index is 0.131. The van der Waals surface area contributed by atoms with Gasteiger partial charge in [-0.2, -0.15) is 0 Å². The number of nitrogens with one attached hydrogen (secondary N) is 1. The molecule has 2 amide bonds. The van der Waals surface area contributed by atoms with Crippen LogP contribution in [-0.4, -0.2) is 65.7 Å². The molecule has 2 saturated heterocycles. The Kier molecular flexibility index (Phi) is 5.28. The van der Waals surface area contributed by atoms with Crippen LogP contribution in [0.4, 0.5) is 4.79 Å². The molecule has 0 radical (unpaired) electrons. The van der Waals surface area contributed by atoms with Crippen LogP contribution in [0.15, 0.2) is 0 Å². The predicted octanol–water partition coefficient (Wildman–Crippen LogP) is 2.38. The van der Waals surface area contributed by atoms with Crippen molar-refractivity contribution in [2.24, 2.45) is 5.92 Å². The first kappa shape index (κ1) is 18.5. The fourth-order valence-electron chi connectivity index (χ4n) is 4.09. The van der Waals surface area contributed by atoms with E-state index in [1.807, 2.05) is 25.7 Å². The summed E-state index contributed by atoms with van der Waals surface area (Å²) in [7, 11) is 0. The van der Waals surface area contributed by atoms with Crippen LogP contribution in [0, 0.1) is 5.92 Å². The molecule has 2 aliphatic heterocycles. The van der Waals surface area contributed by atoms with E-state index in [0.717, 1.165) is 44.8 Å². The van der Waals surface area contributed by atoms with E-state index in [1.54, 1.807) is 4.90 Å². The number of hydrogen-bond donors (Lipinski definition) is 1. The summed E-state index contributed by atoms with van der Waals surface area (Å²) in [5.41, 5.74) is -1.13. The number of hydrogen-bond acceptors (Lipinski definition) is 4. The molecule has 1 aliphatic carbocycles. The maximum absolute atomic E-state index is 12.9. The molecule has 6 heteroatoms.